The zero-order valence-electron chi connectivity index (χ0n) is 35.8. The van der Waals surface area contributed by atoms with Crippen molar-refractivity contribution in [1.29, 1.82) is 5.26 Å². The van der Waals surface area contributed by atoms with Crippen LogP contribution in [0.2, 0.25) is 0 Å². The second-order valence-corrected chi connectivity index (χ2v) is 16.8. The number of aromatic nitrogens is 2. The van der Waals surface area contributed by atoms with Gasteiger partial charge >= 0.3 is 0 Å². The predicted octanol–water partition coefficient (Wildman–Crippen LogP) is 16.5. The van der Waals surface area contributed by atoms with E-state index in [2.05, 4.69) is 78.9 Å². The fourth-order valence-corrected chi connectivity index (χ4v) is 9.81. The summed E-state index contributed by atoms with van der Waals surface area (Å²) in [5.74, 6) is -3.43. The molecule has 0 spiro atoms. The van der Waals surface area contributed by atoms with Crippen molar-refractivity contribution in [1.82, 2.24) is 9.13 Å². The molecule has 12 aromatic rings. The Morgan fingerprint density at radius 2 is 0.627 bits per heavy atom. The minimum atomic E-state index is -1.32. The SMILES string of the molecule is N#Cc1c(-n2c3cc(-c4ccccc4)ccc3c3ccc(-c4ccccc4)cc32)cc(-c2c(F)ccc(F)c2F)cc1-n1c2cc(-c3ccccc3)ccc2c2ccc(-c3ccccc3)cc21. The van der Waals surface area contributed by atoms with Crippen molar-refractivity contribution in [3.8, 4) is 73.1 Å². The van der Waals surface area contributed by atoms with E-state index >= 15 is 13.2 Å². The van der Waals surface area contributed by atoms with Gasteiger partial charge in [-0.1, -0.05) is 170 Å². The lowest BCUT2D eigenvalue weighted by Gasteiger charge is -2.19. The third kappa shape index (κ3) is 6.59. The van der Waals surface area contributed by atoms with Crippen LogP contribution in [-0.2, 0) is 0 Å². The van der Waals surface area contributed by atoms with Gasteiger partial charge in [-0.3, -0.25) is 0 Å². The van der Waals surface area contributed by atoms with Crippen LogP contribution in [0.5, 0.6) is 0 Å². The van der Waals surface area contributed by atoms with Gasteiger partial charge in [0.25, 0.3) is 0 Å². The Labute approximate surface area is 384 Å². The Morgan fingerprint density at radius 1 is 0.313 bits per heavy atom. The molecule has 0 atom stereocenters. The summed E-state index contributed by atoms with van der Waals surface area (Å²) >= 11 is 0. The van der Waals surface area contributed by atoms with E-state index in [4.69, 9.17) is 0 Å². The standard InChI is InChI=1S/C61H36F3N3/c62-52-29-30-53(63)61(64)60(52)46-35-58(66-54-31-42(38-13-5-1-6-14-38)21-25-47(54)48-26-22-43(32-55(48)66)39-15-7-2-8-16-39)51(37-65)59(36-46)67-56-33-44(40-17-9-3-10-18-40)23-27-49(56)50-28-24-45(34-57(50)67)41-19-11-4-12-20-41/h1-36H. The molecule has 0 amide bonds. The third-order valence-electron chi connectivity index (χ3n) is 13.0. The molecule has 0 unspecified atom stereocenters. The van der Waals surface area contributed by atoms with E-state index in [0.29, 0.717) is 11.4 Å². The van der Waals surface area contributed by atoms with E-state index < -0.39 is 23.0 Å². The number of nitriles is 1. The Bertz CT molecular complexity index is 3530. The van der Waals surface area contributed by atoms with Crippen molar-refractivity contribution in [2.45, 2.75) is 0 Å². The Morgan fingerprint density at radius 3 is 0.940 bits per heavy atom. The summed E-state index contributed by atoms with van der Waals surface area (Å²) in [5, 5.41) is 15.4. The molecule has 316 valence electrons. The van der Waals surface area contributed by atoms with Gasteiger partial charge in [-0.15, -0.1) is 0 Å². The zero-order valence-corrected chi connectivity index (χ0v) is 35.8. The summed E-state index contributed by atoms with van der Waals surface area (Å²) in [6, 6.07) is 72.9. The van der Waals surface area contributed by atoms with Gasteiger partial charge in [-0.05, 0) is 98.6 Å². The fourth-order valence-electron chi connectivity index (χ4n) is 9.81. The van der Waals surface area contributed by atoms with Gasteiger partial charge in [0, 0.05) is 21.5 Å². The van der Waals surface area contributed by atoms with Crippen LogP contribution < -0.4 is 0 Å². The van der Waals surface area contributed by atoms with E-state index in [1.165, 1.54) is 0 Å². The molecule has 2 heterocycles. The molecule has 0 aliphatic heterocycles. The number of halogens is 3. The predicted molar refractivity (Wildman–Crippen MR) is 267 cm³/mol. The summed E-state index contributed by atoms with van der Waals surface area (Å²) in [5.41, 5.74) is 11.4. The highest BCUT2D eigenvalue weighted by molar-refractivity contribution is 6.13. The Hall–Kier alpha value is -8.92. The van der Waals surface area contributed by atoms with Gasteiger partial charge in [-0.25, -0.2) is 13.2 Å². The number of hydrogen-bond donors (Lipinski definition) is 0. The van der Waals surface area contributed by atoms with E-state index in [9.17, 15) is 5.26 Å². The van der Waals surface area contributed by atoms with Crippen molar-refractivity contribution in [2.75, 3.05) is 0 Å². The molecular formula is C61H36F3N3. The normalized spacial score (nSPS) is 11.5. The molecule has 0 saturated heterocycles. The molecule has 0 saturated carbocycles. The van der Waals surface area contributed by atoms with E-state index in [0.717, 1.165) is 100 Å². The van der Waals surface area contributed by atoms with Crippen molar-refractivity contribution in [3.63, 3.8) is 0 Å². The van der Waals surface area contributed by atoms with E-state index in [1.807, 2.05) is 130 Å². The minimum Gasteiger partial charge on any atom is -0.308 e. The lowest BCUT2D eigenvalue weighted by molar-refractivity contribution is 0.499. The van der Waals surface area contributed by atoms with Crippen LogP contribution in [0.25, 0.3) is 111 Å². The first-order chi connectivity index (χ1) is 32.9. The average molecular weight is 868 g/mol. The monoisotopic (exact) mass is 867 g/mol. The lowest BCUT2D eigenvalue weighted by atomic mass is 9.98. The van der Waals surface area contributed by atoms with Gasteiger partial charge in [0.05, 0.1) is 39.0 Å². The van der Waals surface area contributed by atoms with Crippen LogP contribution >= 0.6 is 0 Å². The molecule has 67 heavy (non-hydrogen) atoms. The van der Waals surface area contributed by atoms with Gasteiger partial charge in [0.1, 0.15) is 17.4 Å². The van der Waals surface area contributed by atoms with E-state index in [1.54, 1.807) is 12.1 Å². The summed E-state index contributed by atoms with van der Waals surface area (Å²) in [6.45, 7) is 0. The summed E-state index contributed by atoms with van der Waals surface area (Å²) in [4.78, 5) is 0. The number of nitrogens with zero attached hydrogens (tertiary/aromatic N) is 3. The smallest absolute Gasteiger partial charge is 0.169 e. The number of fused-ring (bicyclic) bond motifs is 6. The second kappa shape index (κ2) is 16.0. The van der Waals surface area contributed by atoms with Gasteiger partial charge in [0.2, 0.25) is 0 Å². The first-order valence-electron chi connectivity index (χ1n) is 22.0. The Kier molecular flexibility index (Phi) is 9.44. The third-order valence-corrected chi connectivity index (χ3v) is 13.0. The van der Waals surface area contributed by atoms with Crippen LogP contribution in [0.4, 0.5) is 13.2 Å². The molecule has 0 N–H and O–H groups in total. The highest BCUT2D eigenvalue weighted by Crippen LogP contribution is 2.44. The average Bonchev–Trinajstić information content (AvgIpc) is 3.89. The van der Waals surface area contributed by atoms with Crippen molar-refractivity contribution < 1.29 is 13.2 Å². The molecule has 3 nitrogen and oxygen atoms in total. The summed E-state index contributed by atoms with van der Waals surface area (Å²) < 4.78 is 52.1. The van der Waals surface area contributed by atoms with Crippen LogP contribution in [0, 0.1) is 28.8 Å². The molecule has 6 heteroatoms. The quantitative estimate of drug-likeness (QED) is 0.147. The van der Waals surface area contributed by atoms with Crippen LogP contribution in [0.15, 0.2) is 218 Å². The molecule has 0 aliphatic rings. The molecule has 0 bridgehead atoms. The Balaban J connectivity index is 1.25. The molecular weight excluding hydrogens is 832 g/mol. The largest absolute Gasteiger partial charge is 0.308 e. The summed E-state index contributed by atoms with van der Waals surface area (Å²) in [7, 11) is 0. The van der Waals surface area contributed by atoms with Crippen molar-refractivity contribution in [2.24, 2.45) is 0 Å². The molecule has 0 radical (unpaired) electrons. The number of hydrogen-bond acceptors (Lipinski definition) is 1. The fraction of sp³-hybridized carbons (Fsp3) is 0. The maximum Gasteiger partial charge on any atom is 0.169 e. The van der Waals surface area contributed by atoms with Crippen LogP contribution in [0.3, 0.4) is 0 Å². The van der Waals surface area contributed by atoms with E-state index in [-0.39, 0.29) is 11.1 Å². The lowest BCUT2D eigenvalue weighted by Crippen LogP contribution is -2.06. The molecule has 10 aromatic carbocycles. The summed E-state index contributed by atoms with van der Waals surface area (Å²) in [6.07, 6.45) is 0. The van der Waals surface area contributed by atoms with Crippen molar-refractivity contribution >= 4 is 43.6 Å². The second-order valence-electron chi connectivity index (χ2n) is 16.8. The topological polar surface area (TPSA) is 33.6 Å². The van der Waals surface area contributed by atoms with Crippen molar-refractivity contribution in [3.05, 3.63) is 241 Å². The minimum absolute atomic E-state index is 0.0698. The van der Waals surface area contributed by atoms with Crippen LogP contribution in [-0.4, -0.2) is 9.13 Å². The number of benzene rings is 10. The highest BCUT2D eigenvalue weighted by Gasteiger charge is 2.26. The maximum atomic E-state index is 16.4. The van der Waals surface area contributed by atoms with Gasteiger partial charge in [0.15, 0.2) is 11.6 Å². The maximum absolute atomic E-state index is 16.4. The molecule has 0 aliphatic carbocycles. The highest BCUT2D eigenvalue weighted by atomic mass is 19.2. The molecule has 12 rings (SSSR count). The molecule has 0 fully saturated rings. The first kappa shape index (κ1) is 39.7. The van der Waals surface area contributed by atoms with Gasteiger partial charge < -0.3 is 9.13 Å². The number of rotatable bonds is 7. The van der Waals surface area contributed by atoms with Crippen LogP contribution in [0.1, 0.15) is 5.56 Å². The zero-order chi connectivity index (χ0) is 45.2. The van der Waals surface area contributed by atoms with Gasteiger partial charge in [-0.2, -0.15) is 5.26 Å². The first-order valence-corrected chi connectivity index (χ1v) is 22.0. The molecule has 2 aromatic heterocycles.